The number of aliphatic hydroxyl groups is 1. The minimum Gasteiger partial charge on any atom is -0.507 e. The summed E-state index contributed by atoms with van der Waals surface area (Å²) < 4.78 is 0. The number of hydrogen-bond acceptors (Lipinski definition) is 4. The maximum absolute atomic E-state index is 10.5. The third-order valence-electron chi connectivity index (χ3n) is 1.88. The van der Waals surface area contributed by atoms with Gasteiger partial charge in [0.25, 0.3) is 0 Å². The molecule has 0 amide bonds. The van der Waals surface area contributed by atoms with E-state index in [0.717, 1.165) is 0 Å². The molecule has 1 rings (SSSR count). The summed E-state index contributed by atoms with van der Waals surface area (Å²) >= 11 is 0. The van der Waals surface area contributed by atoms with Crippen molar-refractivity contribution in [1.82, 2.24) is 0 Å². The number of benzene rings is 1. The van der Waals surface area contributed by atoms with Gasteiger partial charge in [0.2, 0.25) is 0 Å². The molecule has 1 aromatic carbocycles. The average molecular weight is 197 g/mol. The van der Waals surface area contributed by atoms with E-state index < -0.39 is 12.0 Å². The molecule has 0 radical (unpaired) electrons. The second-order valence-corrected chi connectivity index (χ2v) is 2.87. The summed E-state index contributed by atoms with van der Waals surface area (Å²) in [6, 6.07) is 3.35. The maximum atomic E-state index is 10.5. The number of aromatic hydroxyl groups is 1. The second-order valence-electron chi connectivity index (χ2n) is 2.87. The van der Waals surface area contributed by atoms with Gasteiger partial charge in [0.15, 0.2) is 0 Å². The summed E-state index contributed by atoms with van der Waals surface area (Å²) in [6.45, 7) is -0.258. The number of carboxylic acid groups (broad SMARTS) is 1. The Morgan fingerprint density at radius 3 is 2.57 bits per heavy atom. The van der Waals surface area contributed by atoms with Crippen molar-refractivity contribution < 1.29 is 20.1 Å². The molecule has 0 aliphatic carbocycles. The Labute approximate surface area is 80.4 Å². The Hall–Kier alpha value is -1.59. The first-order chi connectivity index (χ1) is 6.56. The molecule has 1 atom stereocenters. The van der Waals surface area contributed by atoms with Crippen molar-refractivity contribution in [1.29, 1.82) is 0 Å². The minimum absolute atomic E-state index is 0.182. The highest BCUT2D eigenvalue weighted by Gasteiger charge is 2.12. The normalized spacial score (nSPS) is 12.4. The van der Waals surface area contributed by atoms with Crippen LogP contribution in [-0.2, 0) is 0 Å². The molecular formula is C9H11NO4. The third kappa shape index (κ3) is 2.01. The summed E-state index contributed by atoms with van der Waals surface area (Å²) in [5.41, 5.74) is 5.79. The molecule has 0 saturated carbocycles. The van der Waals surface area contributed by atoms with Crippen LogP contribution in [0.2, 0.25) is 0 Å². The lowest BCUT2D eigenvalue weighted by atomic mass is 10.1. The van der Waals surface area contributed by atoms with Crippen LogP contribution in [0.1, 0.15) is 22.0 Å². The van der Waals surface area contributed by atoms with Crippen molar-refractivity contribution in [2.45, 2.75) is 6.04 Å². The lowest BCUT2D eigenvalue weighted by molar-refractivity contribution is 0.0693. The highest BCUT2D eigenvalue weighted by atomic mass is 16.4. The van der Waals surface area contributed by atoms with E-state index in [1.54, 1.807) is 0 Å². The number of rotatable bonds is 3. The molecule has 0 saturated heterocycles. The number of aromatic carboxylic acids is 1. The second kappa shape index (κ2) is 4.08. The largest absolute Gasteiger partial charge is 0.507 e. The zero-order valence-corrected chi connectivity index (χ0v) is 7.34. The van der Waals surface area contributed by atoms with Crippen LogP contribution in [0.5, 0.6) is 5.75 Å². The van der Waals surface area contributed by atoms with Crippen LogP contribution in [0.4, 0.5) is 0 Å². The van der Waals surface area contributed by atoms with Crippen LogP contribution in [-0.4, -0.2) is 27.9 Å². The first kappa shape index (κ1) is 10.5. The van der Waals surface area contributed by atoms with Gasteiger partial charge in [0.1, 0.15) is 11.3 Å². The number of nitrogens with two attached hydrogens (primary N) is 1. The topological polar surface area (TPSA) is 104 Å². The van der Waals surface area contributed by atoms with Crippen molar-refractivity contribution in [3.8, 4) is 5.75 Å². The monoisotopic (exact) mass is 197 g/mol. The van der Waals surface area contributed by atoms with Gasteiger partial charge in [-0.05, 0) is 17.7 Å². The van der Waals surface area contributed by atoms with Gasteiger partial charge in [-0.25, -0.2) is 4.79 Å². The van der Waals surface area contributed by atoms with Gasteiger partial charge >= 0.3 is 5.97 Å². The highest BCUT2D eigenvalue weighted by Crippen LogP contribution is 2.21. The van der Waals surface area contributed by atoms with Gasteiger partial charge in [0, 0.05) is 0 Å². The van der Waals surface area contributed by atoms with E-state index in [-0.39, 0.29) is 17.9 Å². The van der Waals surface area contributed by atoms with E-state index in [2.05, 4.69) is 0 Å². The fourth-order valence-electron chi connectivity index (χ4n) is 1.07. The van der Waals surface area contributed by atoms with Crippen molar-refractivity contribution in [2.24, 2.45) is 5.73 Å². The highest BCUT2D eigenvalue weighted by molar-refractivity contribution is 5.90. The molecule has 1 aromatic rings. The molecular weight excluding hydrogens is 186 g/mol. The van der Waals surface area contributed by atoms with E-state index >= 15 is 0 Å². The Balaban J connectivity index is 3.06. The molecule has 14 heavy (non-hydrogen) atoms. The van der Waals surface area contributed by atoms with Crippen molar-refractivity contribution in [3.05, 3.63) is 29.3 Å². The summed E-state index contributed by atoms with van der Waals surface area (Å²) in [4.78, 5) is 10.5. The van der Waals surface area contributed by atoms with Crippen LogP contribution < -0.4 is 5.73 Å². The summed E-state index contributed by atoms with van der Waals surface area (Å²) in [6.07, 6.45) is 0. The molecule has 76 valence electrons. The molecule has 0 aliphatic heterocycles. The molecule has 0 spiro atoms. The molecule has 5 heteroatoms. The van der Waals surface area contributed by atoms with E-state index in [1.165, 1.54) is 18.2 Å². The molecule has 0 aromatic heterocycles. The SMILES string of the molecule is N[C@H](CO)c1ccc(C(=O)O)c(O)c1. The molecule has 5 nitrogen and oxygen atoms in total. The van der Waals surface area contributed by atoms with Crippen LogP contribution in [0.25, 0.3) is 0 Å². The van der Waals surface area contributed by atoms with Crippen molar-refractivity contribution >= 4 is 5.97 Å². The quantitative estimate of drug-likeness (QED) is 0.549. The minimum atomic E-state index is -1.20. The summed E-state index contributed by atoms with van der Waals surface area (Å²) in [7, 11) is 0. The smallest absolute Gasteiger partial charge is 0.339 e. The zero-order chi connectivity index (χ0) is 10.7. The first-order valence-electron chi connectivity index (χ1n) is 3.99. The van der Waals surface area contributed by atoms with E-state index in [9.17, 15) is 9.90 Å². The van der Waals surface area contributed by atoms with Crippen molar-refractivity contribution in [3.63, 3.8) is 0 Å². The number of phenols is 1. The van der Waals surface area contributed by atoms with Crippen LogP contribution in [0.3, 0.4) is 0 Å². The maximum Gasteiger partial charge on any atom is 0.339 e. The molecule has 0 heterocycles. The summed E-state index contributed by atoms with van der Waals surface area (Å²) in [5, 5.41) is 26.6. The van der Waals surface area contributed by atoms with Crippen LogP contribution in [0, 0.1) is 0 Å². The Morgan fingerprint density at radius 2 is 2.14 bits per heavy atom. The number of carboxylic acids is 1. The summed E-state index contributed by atoms with van der Waals surface area (Å²) in [5.74, 6) is -1.55. The average Bonchev–Trinajstić information content (AvgIpc) is 2.15. The molecule has 0 fully saturated rings. The van der Waals surface area contributed by atoms with Gasteiger partial charge in [-0.2, -0.15) is 0 Å². The fraction of sp³-hybridized carbons (Fsp3) is 0.222. The van der Waals surface area contributed by atoms with Gasteiger partial charge in [-0.3, -0.25) is 0 Å². The third-order valence-corrected chi connectivity index (χ3v) is 1.88. The molecule has 0 bridgehead atoms. The van der Waals surface area contributed by atoms with E-state index in [4.69, 9.17) is 15.9 Å². The fourth-order valence-corrected chi connectivity index (χ4v) is 1.07. The van der Waals surface area contributed by atoms with Gasteiger partial charge < -0.3 is 21.1 Å². The van der Waals surface area contributed by atoms with Crippen molar-refractivity contribution in [2.75, 3.05) is 6.61 Å². The van der Waals surface area contributed by atoms with Gasteiger partial charge in [0.05, 0.1) is 12.6 Å². The Morgan fingerprint density at radius 1 is 1.50 bits per heavy atom. The lowest BCUT2D eigenvalue weighted by Gasteiger charge is -2.09. The molecule has 0 aliphatic rings. The van der Waals surface area contributed by atoms with Gasteiger partial charge in [-0.1, -0.05) is 6.07 Å². The predicted octanol–water partition coefficient (Wildman–Crippen LogP) is 0.0825. The Bertz CT molecular complexity index is 351. The van der Waals surface area contributed by atoms with Crippen LogP contribution >= 0.6 is 0 Å². The molecule has 0 unspecified atom stereocenters. The number of aliphatic hydroxyl groups excluding tert-OH is 1. The van der Waals surface area contributed by atoms with E-state index in [0.29, 0.717) is 5.56 Å². The van der Waals surface area contributed by atoms with Gasteiger partial charge in [-0.15, -0.1) is 0 Å². The number of carbonyl (C=O) groups is 1. The Kier molecular flexibility index (Phi) is 3.06. The number of hydrogen-bond donors (Lipinski definition) is 4. The van der Waals surface area contributed by atoms with E-state index in [1.807, 2.05) is 0 Å². The van der Waals surface area contributed by atoms with Crippen LogP contribution in [0.15, 0.2) is 18.2 Å². The zero-order valence-electron chi connectivity index (χ0n) is 7.34. The lowest BCUT2D eigenvalue weighted by Crippen LogP contribution is -2.14. The standard InChI is InChI=1S/C9H11NO4/c10-7(4-11)5-1-2-6(9(13)14)8(12)3-5/h1-3,7,11-12H,4,10H2,(H,13,14)/t7-/m1/s1. The molecule has 5 N–H and O–H groups in total. The first-order valence-corrected chi connectivity index (χ1v) is 3.99. The predicted molar refractivity (Wildman–Crippen MR) is 49.1 cm³/mol.